The summed E-state index contributed by atoms with van der Waals surface area (Å²) in [6.07, 6.45) is 8.50. The number of hydrogen-bond acceptors (Lipinski definition) is 3. The van der Waals surface area contributed by atoms with Crippen molar-refractivity contribution in [1.29, 1.82) is 0 Å². The number of carbonyl (C=O) groups excluding carboxylic acids is 2. The molecule has 0 radical (unpaired) electrons. The predicted molar refractivity (Wildman–Crippen MR) is 82.7 cm³/mol. The van der Waals surface area contributed by atoms with E-state index in [1.165, 1.54) is 12.8 Å². The summed E-state index contributed by atoms with van der Waals surface area (Å²) in [7, 11) is 0. The van der Waals surface area contributed by atoms with Gasteiger partial charge in [-0.15, -0.1) is 0 Å². The first-order valence-corrected chi connectivity index (χ1v) is 8.26. The van der Waals surface area contributed by atoms with Crippen molar-refractivity contribution in [1.82, 2.24) is 0 Å². The van der Waals surface area contributed by atoms with Crippen molar-refractivity contribution in [3.8, 4) is 0 Å². The first-order chi connectivity index (χ1) is 9.84. The van der Waals surface area contributed by atoms with Crippen molar-refractivity contribution in [3.63, 3.8) is 0 Å². The van der Waals surface area contributed by atoms with Crippen molar-refractivity contribution >= 4 is 11.8 Å². The molecule has 0 amide bonds. The van der Waals surface area contributed by atoms with Crippen LogP contribution < -0.4 is 0 Å². The van der Waals surface area contributed by atoms with Gasteiger partial charge in [0.25, 0.3) is 0 Å². The molecule has 2 aliphatic rings. The molecule has 0 aromatic rings. The Labute approximate surface area is 128 Å². The lowest BCUT2D eigenvalue weighted by atomic mass is 9.82. The van der Waals surface area contributed by atoms with Gasteiger partial charge >= 0.3 is 5.97 Å². The van der Waals surface area contributed by atoms with Crippen molar-refractivity contribution < 1.29 is 14.3 Å². The lowest BCUT2D eigenvalue weighted by molar-refractivity contribution is -0.141. The SMILES string of the molecule is CCCCC(C)(C)C=CC(=O)[C@@H]1[C@H]2CC(=O)O[C@H]2C[C@H]1C. The summed E-state index contributed by atoms with van der Waals surface area (Å²) >= 11 is 0. The van der Waals surface area contributed by atoms with E-state index in [1.54, 1.807) is 6.08 Å². The van der Waals surface area contributed by atoms with Gasteiger partial charge in [0.2, 0.25) is 0 Å². The molecule has 1 saturated carbocycles. The second-order valence-electron chi connectivity index (χ2n) is 7.46. The van der Waals surface area contributed by atoms with Gasteiger partial charge in [0.05, 0.1) is 6.42 Å². The van der Waals surface area contributed by atoms with Gasteiger partial charge in [-0.05, 0) is 30.3 Å². The fourth-order valence-corrected chi connectivity index (χ4v) is 3.77. The molecular weight excluding hydrogens is 264 g/mol. The molecule has 0 N–H and O–H groups in total. The van der Waals surface area contributed by atoms with Crippen LogP contribution in [0.4, 0.5) is 0 Å². The third kappa shape index (κ3) is 3.75. The van der Waals surface area contributed by atoms with Gasteiger partial charge in [0.15, 0.2) is 5.78 Å². The highest BCUT2D eigenvalue weighted by molar-refractivity contribution is 5.93. The highest BCUT2D eigenvalue weighted by atomic mass is 16.6. The Morgan fingerprint density at radius 3 is 2.81 bits per heavy atom. The quantitative estimate of drug-likeness (QED) is 0.550. The number of esters is 1. The molecule has 1 aliphatic carbocycles. The summed E-state index contributed by atoms with van der Waals surface area (Å²) < 4.78 is 5.32. The molecule has 2 fully saturated rings. The van der Waals surface area contributed by atoms with E-state index in [4.69, 9.17) is 4.74 Å². The Morgan fingerprint density at radius 2 is 2.14 bits per heavy atom. The molecule has 4 atom stereocenters. The van der Waals surface area contributed by atoms with Crippen LogP contribution in [0.15, 0.2) is 12.2 Å². The smallest absolute Gasteiger partial charge is 0.306 e. The zero-order chi connectivity index (χ0) is 15.6. The predicted octanol–water partition coefficient (Wildman–Crippen LogP) is 3.92. The van der Waals surface area contributed by atoms with Crippen LogP contribution in [0.1, 0.15) is 59.8 Å². The standard InChI is InChI=1S/C18H28O3/c1-5-6-8-18(3,4)9-7-14(19)17-12(2)10-15-13(17)11-16(20)21-15/h7,9,12-13,15,17H,5-6,8,10-11H2,1-4H3/t12-,13+,15+,17+/m1/s1. The highest BCUT2D eigenvalue weighted by Gasteiger charge is 2.50. The first kappa shape index (κ1) is 16.3. The van der Waals surface area contributed by atoms with Gasteiger partial charge in [-0.2, -0.15) is 0 Å². The minimum atomic E-state index is -0.137. The third-order valence-electron chi connectivity index (χ3n) is 5.04. The molecular formula is C18H28O3. The molecule has 2 rings (SSSR count). The number of fused-ring (bicyclic) bond motifs is 1. The van der Waals surface area contributed by atoms with Crippen LogP contribution in [0.3, 0.4) is 0 Å². The summed E-state index contributed by atoms with van der Waals surface area (Å²) in [5, 5.41) is 0. The molecule has 3 heteroatoms. The zero-order valence-corrected chi connectivity index (χ0v) is 13.7. The van der Waals surface area contributed by atoms with Crippen LogP contribution in [0.2, 0.25) is 0 Å². The van der Waals surface area contributed by atoms with E-state index in [-0.39, 0.29) is 35.1 Å². The Hall–Kier alpha value is -1.12. The fraction of sp³-hybridized carbons (Fsp3) is 0.778. The molecule has 1 aliphatic heterocycles. The number of hydrogen-bond donors (Lipinski definition) is 0. The number of ketones is 1. The van der Waals surface area contributed by atoms with Crippen molar-refractivity contribution in [2.24, 2.45) is 23.2 Å². The lowest BCUT2D eigenvalue weighted by Gasteiger charge is -2.21. The summed E-state index contributed by atoms with van der Waals surface area (Å²) in [6, 6.07) is 0. The maximum Gasteiger partial charge on any atom is 0.306 e. The number of carbonyl (C=O) groups is 2. The maximum absolute atomic E-state index is 12.6. The number of unbranched alkanes of at least 4 members (excludes halogenated alkanes) is 1. The van der Waals surface area contributed by atoms with E-state index in [9.17, 15) is 9.59 Å². The van der Waals surface area contributed by atoms with Crippen LogP contribution in [-0.2, 0) is 14.3 Å². The summed E-state index contributed by atoms with van der Waals surface area (Å²) in [4.78, 5) is 24.0. The average Bonchev–Trinajstić information content (AvgIpc) is 2.88. The first-order valence-electron chi connectivity index (χ1n) is 8.26. The molecule has 21 heavy (non-hydrogen) atoms. The Balaban J connectivity index is 2.01. The molecule has 0 aromatic heterocycles. The third-order valence-corrected chi connectivity index (χ3v) is 5.04. The van der Waals surface area contributed by atoms with Crippen molar-refractivity contribution in [2.45, 2.75) is 65.9 Å². The Morgan fingerprint density at radius 1 is 1.43 bits per heavy atom. The molecule has 0 unspecified atom stereocenters. The van der Waals surface area contributed by atoms with E-state index < -0.39 is 0 Å². The highest BCUT2D eigenvalue weighted by Crippen LogP contribution is 2.45. The second-order valence-corrected chi connectivity index (χ2v) is 7.46. The number of ether oxygens (including phenoxy) is 1. The minimum absolute atomic E-state index is 0.0250. The van der Waals surface area contributed by atoms with E-state index in [0.717, 1.165) is 12.8 Å². The van der Waals surface area contributed by atoms with Crippen LogP contribution in [0.25, 0.3) is 0 Å². The second kappa shape index (κ2) is 6.33. The number of allylic oxidation sites excluding steroid dienone is 2. The molecule has 0 bridgehead atoms. The van der Waals surface area contributed by atoms with Gasteiger partial charge in [-0.1, -0.05) is 46.6 Å². The van der Waals surface area contributed by atoms with Gasteiger partial charge < -0.3 is 4.74 Å². The van der Waals surface area contributed by atoms with E-state index in [2.05, 4.69) is 33.8 Å². The topological polar surface area (TPSA) is 43.4 Å². The van der Waals surface area contributed by atoms with E-state index in [0.29, 0.717) is 12.3 Å². The molecule has 1 saturated heterocycles. The van der Waals surface area contributed by atoms with Gasteiger partial charge in [-0.3, -0.25) is 9.59 Å². The van der Waals surface area contributed by atoms with Crippen molar-refractivity contribution in [2.75, 3.05) is 0 Å². The van der Waals surface area contributed by atoms with E-state index >= 15 is 0 Å². The Bertz CT molecular complexity index is 436. The van der Waals surface area contributed by atoms with Crippen LogP contribution in [-0.4, -0.2) is 17.9 Å². The maximum atomic E-state index is 12.6. The minimum Gasteiger partial charge on any atom is -0.462 e. The van der Waals surface area contributed by atoms with Crippen LogP contribution in [0.5, 0.6) is 0 Å². The van der Waals surface area contributed by atoms with Gasteiger partial charge in [0, 0.05) is 11.8 Å². The monoisotopic (exact) mass is 292 g/mol. The lowest BCUT2D eigenvalue weighted by Crippen LogP contribution is -2.24. The summed E-state index contributed by atoms with van der Waals surface area (Å²) in [5.41, 5.74) is 0.0644. The van der Waals surface area contributed by atoms with E-state index in [1.807, 2.05) is 0 Å². The molecule has 0 spiro atoms. The Kier molecular flexibility index (Phi) is 4.90. The van der Waals surface area contributed by atoms with Crippen molar-refractivity contribution in [3.05, 3.63) is 12.2 Å². The normalized spacial score (nSPS) is 32.5. The number of rotatable bonds is 6. The van der Waals surface area contributed by atoms with Gasteiger partial charge in [-0.25, -0.2) is 0 Å². The zero-order valence-electron chi connectivity index (χ0n) is 13.7. The fourth-order valence-electron chi connectivity index (χ4n) is 3.77. The molecule has 0 aromatic carbocycles. The molecule has 1 heterocycles. The molecule has 118 valence electrons. The largest absolute Gasteiger partial charge is 0.462 e. The molecule has 3 nitrogen and oxygen atoms in total. The van der Waals surface area contributed by atoms with Gasteiger partial charge in [0.1, 0.15) is 6.10 Å². The van der Waals surface area contributed by atoms with Crippen LogP contribution >= 0.6 is 0 Å². The summed E-state index contributed by atoms with van der Waals surface area (Å²) in [5.74, 6) is 0.409. The summed E-state index contributed by atoms with van der Waals surface area (Å²) in [6.45, 7) is 8.64. The average molecular weight is 292 g/mol. The van der Waals surface area contributed by atoms with Crippen LogP contribution in [0, 0.1) is 23.2 Å².